The molecule has 6 nitrogen and oxygen atoms in total. The van der Waals surface area contributed by atoms with E-state index >= 15 is 0 Å². The first-order valence-corrected chi connectivity index (χ1v) is 7.86. The number of hydrogen-bond donors (Lipinski definition) is 2. The van der Waals surface area contributed by atoms with Crippen molar-refractivity contribution in [2.45, 2.75) is 5.41 Å². The van der Waals surface area contributed by atoms with Gasteiger partial charge in [0, 0.05) is 39.6 Å². The summed E-state index contributed by atoms with van der Waals surface area (Å²) in [5.74, 6) is -1.59. The first kappa shape index (κ1) is 18.3. The zero-order chi connectivity index (χ0) is 18.8. The number of benzene rings is 2. The van der Waals surface area contributed by atoms with E-state index in [1.165, 1.54) is 0 Å². The molecule has 4 N–H and O–H groups in total. The number of carbonyl (C=O) groups is 2. The molecule has 25 heavy (non-hydrogen) atoms. The smallest absolute Gasteiger partial charge is 0.242 e. The molecule has 0 atom stereocenters. The molecule has 2 rings (SSSR count). The van der Waals surface area contributed by atoms with Gasteiger partial charge in [0.25, 0.3) is 0 Å². The first-order valence-electron chi connectivity index (χ1n) is 7.86. The fourth-order valence-corrected chi connectivity index (χ4v) is 2.88. The fraction of sp³-hybridized carbons (Fsp3) is 0.263. The van der Waals surface area contributed by atoms with Crippen LogP contribution in [0.5, 0.6) is 0 Å². The van der Waals surface area contributed by atoms with Gasteiger partial charge in [-0.2, -0.15) is 0 Å². The molecule has 6 heteroatoms. The van der Waals surface area contributed by atoms with E-state index in [2.05, 4.69) is 0 Å². The zero-order valence-electron chi connectivity index (χ0n) is 15.0. The van der Waals surface area contributed by atoms with Gasteiger partial charge in [0.05, 0.1) is 0 Å². The summed E-state index contributed by atoms with van der Waals surface area (Å²) in [5, 5.41) is 0. The number of amides is 2. The maximum Gasteiger partial charge on any atom is 0.242 e. The van der Waals surface area contributed by atoms with Crippen LogP contribution in [-0.2, 0) is 15.0 Å². The summed E-state index contributed by atoms with van der Waals surface area (Å²) < 4.78 is 0. The Morgan fingerprint density at radius 3 is 1.16 bits per heavy atom. The average molecular weight is 340 g/mol. The third-order valence-electron chi connectivity index (χ3n) is 4.37. The maximum atomic E-state index is 12.4. The standard InChI is InChI=1S/C19H24N4O2/c1-22(2)15-9-5-13(6-10-15)19(17(20)24,18(21)25)14-7-11-16(12-8-14)23(3)4/h5-12H,1-4H3,(H2,20,24)(H2,21,25). The lowest BCUT2D eigenvalue weighted by Gasteiger charge is -2.29. The number of carbonyl (C=O) groups excluding carboxylic acids is 2. The third kappa shape index (κ3) is 3.15. The topological polar surface area (TPSA) is 92.7 Å². The van der Waals surface area contributed by atoms with Crippen molar-refractivity contribution in [2.24, 2.45) is 11.5 Å². The Morgan fingerprint density at radius 1 is 0.680 bits per heavy atom. The van der Waals surface area contributed by atoms with Gasteiger partial charge in [-0.05, 0) is 35.4 Å². The summed E-state index contributed by atoms with van der Waals surface area (Å²) in [6.07, 6.45) is 0. The fourth-order valence-electron chi connectivity index (χ4n) is 2.88. The van der Waals surface area contributed by atoms with Crippen molar-refractivity contribution in [2.75, 3.05) is 38.0 Å². The van der Waals surface area contributed by atoms with Gasteiger partial charge in [-0.15, -0.1) is 0 Å². The second-order valence-electron chi connectivity index (χ2n) is 6.36. The van der Waals surface area contributed by atoms with Crippen LogP contribution in [0.15, 0.2) is 48.5 Å². The second kappa shape index (κ2) is 6.84. The highest BCUT2D eigenvalue weighted by molar-refractivity contribution is 6.13. The summed E-state index contributed by atoms with van der Waals surface area (Å²) >= 11 is 0. The predicted octanol–water partition coefficient (Wildman–Crippen LogP) is 1.08. The molecule has 0 aromatic heterocycles. The van der Waals surface area contributed by atoms with Gasteiger partial charge in [0.15, 0.2) is 5.41 Å². The Bertz CT molecular complexity index is 698. The minimum absolute atomic E-state index is 0.454. The van der Waals surface area contributed by atoms with Crippen LogP contribution in [0.1, 0.15) is 11.1 Å². The number of nitrogens with zero attached hydrogens (tertiary/aromatic N) is 2. The quantitative estimate of drug-likeness (QED) is 0.770. The predicted molar refractivity (Wildman–Crippen MR) is 101 cm³/mol. The Balaban J connectivity index is 2.65. The Kier molecular flexibility index (Phi) is 5.02. The van der Waals surface area contributed by atoms with Crippen molar-refractivity contribution in [3.05, 3.63) is 59.7 Å². The Morgan fingerprint density at radius 2 is 0.960 bits per heavy atom. The molecule has 0 fully saturated rings. The van der Waals surface area contributed by atoms with Crippen LogP contribution >= 0.6 is 0 Å². The van der Waals surface area contributed by atoms with E-state index in [1.807, 2.05) is 62.3 Å². The molecule has 0 aliphatic carbocycles. The summed E-state index contributed by atoms with van der Waals surface area (Å²) in [7, 11) is 7.63. The highest BCUT2D eigenvalue weighted by Crippen LogP contribution is 2.34. The van der Waals surface area contributed by atoms with Gasteiger partial charge in [-0.25, -0.2) is 0 Å². The van der Waals surface area contributed by atoms with Crippen LogP contribution in [-0.4, -0.2) is 40.0 Å². The summed E-state index contributed by atoms with van der Waals surface area (Å²) in [6, 6.07) is 14.1. The Labute approximate surface area is 148 Å². The van der Waals surface area contributed by atoms with Crippen LogP contribution in [0.3, 0.4) is 0 Å². The monoisotopic (exact) mass is 340 g/mol. The molecule has 0 unspecified atom stereocenters. The zero-order valence-corrected chi connectivity index (χ0v) is 15.0. The van der Waals surface area contributed by atoms with E-state index in [1.54, 1.807) is 24.3 Å². The molecule has 132 valence electrons. The van der Waals surface area contributed by atoms with E-state index in [0.29, 0.717) is 11.1 Å². The van der Waals surface area contributed by atoms with Crippen molar-refractivity contribution >= 4 is 23.2 Å². The van der Waals surface area contributed by atoms with Crippen LogP contribution < -0.4 is 21.3 Å². The summed E-state index contributed by atoms with van der Waals surface area (Å²) in [6.45, 7) is 0. The van der Waals surface area contributed by atoms with E-state index in [4.69, 9.17) is 11.5 Å². The lowest BCUT2D eigenvalue weighted by atomic mass is 9.73. The van der Waals surface area contributed by atoms with Crippen molar-refractivity contribution in [1.29, 1.82) is 0 Å². The molecule has 0 aliphatic heterocycles. The minimum atomic E-state index is -1.71. The van der Waals surface area contributed by atoms with Crippen LogP contribution in [0.4, 0.5) is 11.4 Å². The second-order valence-corrected chi connectivity index (χ2v) is 6.36. The lowest BCUT2D eigenvalue weighted by Crippen LogP contribution is -2.52. The maximum absolute atomic E-state index is 12.4. The molecule has 0 saturated carbocycles. The van der Waals surface area contributed by atoms with Gasteiger partial charge in [0.1, 0.15) is 0 Å². The third-order valence-corrected chi connectivity index (χ3v) is 4.37. The lowest BCUT2D eigenvalue weighted by molar-refractivity contribution is -0.132. The van der Waals surface area contributed by atoms with Crippen molar-refractivity contribution in [1.82, 2.24) is 0 Å². The van der Waals surface area contributed by atoms with Crippen LogP contribution in [0, 0.1) is 0 Å². The van der Waals surface area contributed by atoms with E-state index in [9.17, 15) is 9.59 Å². The number of anilines is 2. The molecule has 0 saturated heterocycles. The van der Waals surface area contributed by atoms with Gasteiger partial charge in [-0.1, -0.05) is 24.3 Å². The highest BCUT2D eigenvalue weighted by Gasteiger charge is 2.46. The molecule has 0 radical (unpaired) electrons. The van der Waals surface area contributed by atoms with Crippen molar-refractivity contribution in [3.8, 4) is 0 Å². The summed E-state index contributed by atoms with van der Waals surface area (Å²) in [5.41, 5.74) is 12.4. The van der Waals surface area contributed by atoms with E-state index in [0.717, 1.165) is 11.4 Å². The van der Waals surface area contributed by atoms with Crippen molar-refractivity contribution < 1.29 is 9.59 Å². The first-order chi connectivity index (χ1) is 11.7. The largest absolute Gasteiger partial charge is 0.378 e. The van der Waals surface area contributed by atoms with E-state index in [-0.39, 0.29) is 0 Å². The van der Waals surface area contributed by atoms with Gasteiger partial charge < -0.3 is 21.3 Å². The van der Waals surface area contributed by atoms with Gasteiger partial charge in [0.2, 0.25) is 11.8 Å². The molecule has 2 aromatic rings. The number of primary amides is 2. The van der Waals surface area contributed by atoms with Gasteiger partial charge >= 0.3 is 0 Å². The van der Waals surface area contributed by atoms with Gasteiger partial charge in [-0.3, -0.25) is 9.59 Å². The Hall–Kier alpha value is -3.02. The molecule has 0 heterocycles. The molecule has 2 aromatic carbocycles. The van der Waals surface area contributed by atoms with E-state index < -0.39 is 17.2 Å². The van der Waals surface area contributed by atoms with Crippen LogP contribution in [0.25, 0.3) is 0 Å². The summed E-state index contributed by atoms with van der Waals surface area (Å²) in [4.78, 5) is 28.6. The molecule has 2 amide bonds. The molecular formula is C19H24N4O2. The van der Waals surface area contributed by atoms with Crippen molar-refractivity contribution in [3.63, 3.8) is 0 Å². The number of rotatable bonds is 6. The average Bonchev–Trinajstić information content (AvgIpc) is 2.55. The minimum Gasteiger partial charge on any atom is -0.378 e. The molecule has 0 spiro atoms. The number of nitrogens with two attached hydrogens (primary N) is 2. The number of hydrogen-bond acceptors (Lipinski definition) is 4. The molecule has 0 aliphatic rings. The highest BCUT2D eigenvalue weighted by atomic mass is 16.2. The molecule has 0 bridgehead atoms. The SMILES string of the molecule is CN(C)c1ccc(C(C(N)=O)(C(N)=O)c2ccc(N(C)C)cc2)cc1. The van der Waals surface area contributed by atoms with Crippen LogP contribution in [0.2, 0.25) is 0 Å². The molecular weight excluding hydrogens is 316 g/mol. The normalized spacial score (nSPS) is 11.0.